The van der Waals surface area contributed by atoms with Crippen LogP contribution in [0.15, 0.2) is 34.7 Å². The summed E-state index contributed by atoms with van der Waals surface area (Å²) in [7, 11) is 2.95. The molecule has 1 aromatic carbocycles. The van der Waals surface area contributed by atoms with Crippen molar-refractivity contribution in [3.8, 4) is 11.5 Å². The predicted molar refractivity (Wildman–Crippen MR) is 143 cm³/mol. The summed E-state index contributed by atoms with van der Waals surface area (Å²) in [4.78, 5) is 41.2. The number of aromatic nitrogens is 1. The summed E-state index contributed by atoms with van der Waals surface area (Å²) in [6, 6.07) is 6.98. The van der Waals surface area contributed by atoms with Crippen LogP contribution in [0.3, 0.4) is 0 Å². The van der Waals surface area contributed by atoms with Crippen molar-refractivity contribution in [3.63, 3.8) is 0 Å². The number of carbonyl (C=O) groups is 3. The fourth-order valence-electron chi connectivity index (χ4n) is 4.59. The number of rotatable bonds is 9. The Morgan fingerprint density at radius 3 is 2.45 bits per heavy atom. The van der Waals surface area contributed by atoms with Crippen LogP contribution in [0.5, 0.6) is 11.5 Å². The topological polar surface area (TPSA) is 163 Å². The van der Waals surface area contributed by atoms with Gasteiger partial charge in [0.2, 0.25) is 0 Å². The average Bonchev–Trinajstić information content (AvgIpc) is 3.52. The van der Waals surface area contributed by atoms with E-state index in [9.17, 15) is 14.4 Å². The summed E-state index contributed by atoms with van der Waals surface area (Å²) in [6.07, 6.45) is 4.83. The van der Waals surface area contributed by atoms with Crippen LogP contribution in [0, 0.1) is 6.92 Å². The van der Waals surface area contributed by atoms with E-state index in [1.54, 1.807) is 37.3 Å². The minimum Gasteiger partial charge on any atom is -0.497 e. The molecule has 0 bridgehead atoms. The molecule has 0 radical (unpaired) electrons. The molecule has 1 unspecified atom stereocenters. The maximum atomic E-state index is 14.2. The third-order valence-corrected chi connectivity index (χ3v) is 7.36. The third kappa shape index (κ3) is 5.44. The van der Waals surface area contributed by atoms with Gasteiger partial charge in [-0.15, -0.1) is 0 Å². The number of ether oxygens (including phenoxy) is 2. The molecule has 202 valence electrons. The Bertz CT molecular complexity index is 1330. The molecular weight excluding hydrogens is 510 g/mol. The summed E-state index contributed by atoms with van der Waals surface area (Å²) in [5.41, 5.74) is 11.4. The Morgan fingerprint density at radius 2 is 1.87 bits per heavy atom. The number of anilines is 2. The number of nitrogens with one attached hydrogen (secondary N) is 1. The van der Waals surface area contributed by atoms with Crippen molar-refractivity contribution in [2.24, 2.45) is 5.73 Å². The number of hydrogen-bond acceptors (Lipinski definition) is 9. The van der Waals surface area contributed by atoms with Gasteiger partial charge < -0.3 is 30.7 Å². The Morgan fingerprint density at radius 1 is 1.13 bits per heavy atom. The van der Waals surface area contributed by atoms with Gasteiger partial charge in [-0.05, 0) is 55.6 Å². The third-order valence-electron chi connectivity index (χ3n) is 6.51. The van der Waals surface area contributed by atoms with E-state index >= 15 is 0 Å². The highest BCUT2D eigenvalue weighted by atomic mass is 32.1. The Labute approximate surface area is 224 Å². The van der Waals surface area contributed by atoms with E-state index in [1.165, 1.54) is 19.1 Å². The quantitative estimate of drug-likeness (QED) is 0.370. The van der Waals surface area contributed by atoms with Crippen LogP contribution in [0.4, 0.5) is 11.4 Å². The molecule has 1 fully saturated rings. The van der Waals surface area contributed by atoms with Crippen LogP contribution in [-0.2, 0) is 4.79 Å². The van der Waals surface area contributed by atoms with Crippen LogP contribution in [0.25, 0.3) is 0 Å². The molecule has 12 heteroatoms. The van der Waals surface area contributed by atoms with Crippen LogP contribution in [-0.4, -0.2) is 42.4 Å². The van der Waals surface area contributed by atoms with Crippen molar-refractivity contribution in [2.45, 2.75) is 51.1 Å². The van der Waals surface area contributed by atoms with Crippen LogP contribution < -0.4 is 31.2 Å². The summed E-state index contributed by atoms with van der Waals surface area (Å²) < 4.78 is 20.8. The van der Waals surface area contributed by atoms with E-state index in [0.29, 0.717) is 11.5 Å². The Balaban J connectivity index is 1.88. The first kappa shape index (κ1) is 27.0. The molecule has 38 heavy (non-hydrogen) atoms. The Kier molecular flexibility index (Phi) is 8.20. The molecule has 0 saturated heterocycles. The second kappa shape index (κ2) is 11.5. The number of carbonyl (C=O) groups excluding carboxylic acids is 3. The van der Waals surface area contributed by atoms with Gasteiger partial charge in [0.05, 0.1) is 25.6 Å². The molecule has 5 N–H and O–H groups in total. The standard InChI is InChI=1S/C26H31N5O6S/c1-14-9-12-18(37-14)22(25(33)29-15-7-5-4-6-8-15)31(17-11-10-16(35-2)13-19(17)36-3)26(34)23-20(27)21(24(28)32)30-38-23/h9-13,15,22H,4-8,27H2,1-3H3,(H2,28,32)(H,29,33). The van der Waals surface area contributed by atoms with E-state index in [-0.39, 0.29) is 39.5 Å². The summed E-state index contributed by atoms with van der Waals surface area (Å²) in [6.45, 7) is 1.75. The number of aryl methyl sites for hydroxylation is 1. The molecule has 3 amide bonds. The van der Waals surface area contributed by atoms with Crippen molar-refractivity contribution in [1.29, 1.82) is 0 Å². The summed E-state index contributed by atoms with van der Waals surface area (Å²) in [5.74, 6) is -0.375. The largest absolute Gasteiger partial charge is 0.497 e. The van der Waals surface area contributed by atoms with Gasteiger partial charge in [0.1, 0.15) is 27.9 Å². The zero-order valence-electron chi connectivity index (χ0n) is 21.5. The van der Waals surface area contributed by atoms with E-state index < -0.39 is 23.8 Å². The summed E-state index contributed by atoms with van der Waals surface area (Å²) in [5, 5.41) is 3.11. The number of nitrogens with zero attached hydrogens (tertiary/aromatic N) is 2. The molecule has 0 aliphatic heterocycles. The van der Waals surface area contributed by atoms with Crippen molar-refractivity contribution < 1.29 is 28.3 Å². The molecule has 1 aliphatic carbocycles. The highest BCUT2D eigenvalue weighted by molar-refractivity contribution is 7.09. The van der Waals surface area contributed by atoms with Gasteiger partial charge in [-0.3, -0.25) is 19.3 Å². The van der Waals surface area contributed by atoms with E-state index in [0.717, 1.165) is 43.6 Å². The number of nitrogen functional groups attached to an aromatic ring is 1. The Hall–Kier alpha value is -4.06. The number of nitrogens with two attached hydrogens (primary N) is 2. The van der Waals surface area contributed by atoms with Crippen LogP contribution >= 0.6 is 11.5 Å². The SMILES string of the molecule is COc1ccc(N(C(=O)c2snc(C(N)=O)c2N)C(C(=O)NC2CCCCC2)c2ccc(C)o2)c(OC)c1. The lowest BCUT2D eigenvalue weighted by molar-refractivity contribution is -0.123. The number of benzene rings is 1. The second-order valence-electron chi connectivity index (χ2n) is 9.05. The zero-order valence-corrected chi connectivity index (χ0v) is 22.3. The minimum absolute atomic E-state index is 0.0283. The predicted octanol–water partition coefficient (Wildman–Crippen LogP) is 3.58. The fourth-order valence-corrected chi connectivity index (χ4v) is 5.33. The molecular formula is C26H31N5O6S. The first-order chi connectivity index (χ1) is 18.2. The van der Waals surface area contributed by atoms with Gasteiger partial charge in [0.25, 0.3) is 17.7 Å². The minimum atomic E-state index is -1.22. The number of amides is 3. The number of furan rings is 1. The van der Waals surface area contributed by atoms with Crippen LogP contribution in [0.2, 0.25) is 0 Å². The van der Waals surface area contributed by atoms with Crippen LogP contribution in [0.1, 0.15) is 69.8 Å². The molecule has 2 aromatic heterocycles. The maximum Gasteiger partial charge on any atom is 0.273 e. The molecule has 11 nitrogen and oxygen atoms in total. The molecule has 1 atom stereocenters. The maximum absolute atomic E-state index is 14.2. The van der Waals surface area contributed by atoms with E-state index in [1.807, 2.05) is 0 Å². The van der Waals surface area contributed by atoms with Gasteiger partial charge in [0.15, 0.2) is 11.7 Å². The smallest absolute Gasteiger partial charge is 0.273 e. The van der Waals surface area contributed by atoms with Crippen molar-refractivity contribution in [1.82, 2.24) is 9.69 Å². The monoisotopic (exact) mass is 541 g/mol. The molecule has 3 aromatic rings. The molecule has 1 saturated carbocycles. The van der Waals surface area contributed by atoms with Crippen molar-refractivity contribution in [3.05, 3.63) is 52.4 Å². The number of hydrogen-bond donors (Lipinski definition) is 3. The number of primary amides is 1. The van der Waals surface area contributed by atoms with Crippen molar-refractivity contribution >= 4 is 40.6 Å². The molecule has 2 heterocycles. The lowest BCUT2D eigenvalue weighted by atomic mass is 9.95. The van der Waals surface area contributed by atoms with Gasteiger partial charge in [-0.25, -0.2) is 0 Å². The normalized spacial score (nSPS) is 14.5. The molecule has 0 spiro atoms. The first-order valence-electron chi connectivity index (χ1n) is 12.2. The lowest BCUT2D eigenvalue weighted by Crippen LogP contribution is -2.47. The molecule has 1 aliphatic rings. The van der Waals surface area contributed by atoms with Crippen molar-refractivity contribution in [2.75, 3.05) is 24.9 Å². The first-order valence-corrected chi connectivity index (χ1v) is 13.0. The molecule has 4 rings (SSSR count). The van der Waals surface area contributed by atoms with Gasteiger partial charge in [-0.1, -0.05) is 19.3 Å². The lowest BCUT2D eigenvalue weighted by Gasteiger charge is -2.32. The van der Waals surface area contributed by atoms with Gasteiger partial charge in [0, 0.05) is 12.1 Å². The van der Waals surface area contributed by atoms with E-state index in [2.05, 4.69) is 9.69 Å². The zero-order chi connectivity index (χ0) is 27.4. The number of methoxy groups -OCH3 is 2. The van der Waals surface area contributed by atoms with Gasteiger partial charge >= 0.3 is 0 Å². The second-order valence-corrected chi connectivity index (χ2v) is 9.82. The highest BCUT2D eigenvalue weighted by Crippen LogP contribution is 2.40. The van der Waals surface area contributed by atoms with Gasteiger partial charge in [-0.2, -0.15) is 4.37 Å². The average molecular weight is 542 g/mol. The highest BCUT2D eigenvalue weighted by Gasteiger charge is 2.40. The fraction of sp³-hybridized carbons (Fsp3) is 0.385. The van der Waals surface area contributed by atoms with E-state index in [4.69, 9.17) is 25.4 Å². The summed E-state index contributed by atoms with van der Waals surface area (Å²) >= 11 is 0.727.